The number of rotatable bonds is 8. The molecule has 9 heteroatoms. The molecule has 5 rings (SSSR count). The molecular formula is C27H22ClN5O3. The molecule has 0 aliphatic heterocycles. The molecule has 3 heterocycles. The first kappa shape index (κ1) is 23.3. The first-order chi connectivity index (χ1) is 17.6. The van der Waals surface area contributed by atoms with E-state index in [-0.39, 0.29) is 11.5 Å². The number of fused-ring (bicyclic) bond motifs is 1. The van der Waals surface area contributed by atoms with Crippen LogP contribution in [0.4, 0.5) is 0 Å². The summed E-state index contributed by atoms with van der Waals surface area (Å²) in [5.41, 5.74) is 3.86. The molecule has 0 fully saturated rings. The third kappa shape index (κ3) is 5.29. The van der Waals surface area contributed by atoms with Gasteiger partial charge in [-0.25, -0.2) is 4.98 Å². The number of nitrogens with zero attached hydrogens (tertiary/aromatic N) is 4. The van der Waals surface area contributed by atoms with Gasteiger partial charge >= 0.3 is 0 Å². The Labute approximate surface area is 211 Å². The van der Waals surface area contributed by atoms with Gasteiger partial charge in [0.2, 0.25) is 0 Å². The first-order valence-corrected chi connectivity index (χ1v) is 11.7. The highest BCUT2D eigenvalue weighted by Crippen LogP contribution is 2.22. The number of ether oxygens (including phenoxy) is 1. The summed E-state index contributed by atoms with van der Waals surface area (Å²) in [6.07, 6.45) is 6.74. The molecule has 0 atom stereocenters. The molecule has 0 saturated carbocycles. The molecule has 0 spiro atoms. The number of hydrogen-bond donors (Lipinski definition) is 1. The highest BCUT2D eigenvalue weighted by molar-refractivity contribution is 6.30. The lowest BCUT2D eigenvalue weighted by molar-refractivity contribution is 0.0951. The Morgan fingerprint density at radius 2 is 1.92 bits per heavy atom. The van der Waals surface area contributed by atoms with Crippen molar-refractivity contribution in [1.82, 2.24) is 24.4 Å². The predicted octanol–water partition coefficient (Wildman–Crippen LogP) is 4.24. The Hall–Kier alpha value is -4.43. The van der Waals surface area contributed by atoms with Crippen LogP contribution in [0.1, 0.15) is 15.9 Å². The van der Waals surface area contributed by atoms with Crippen LogP contribution in [0.2, 0.25) is 5.02 Å². The van der Waals surface area contributed by atoms with Gasteiger partial charge in [0, 0.05) is 42.5 Å². The van der Waals surface area contributed by atoms with E-state index in [4.69, 9.17) is 16.3 Å². The number of nitrogens with one attached hydrogen (secondary N) is 1. The second kappa shape index (κ2) is 10.5. The Balaban J connectivity index is 1.23. The molecule has 0 saturated heterocycles. The molecule has 36 heavy (non-hydrogen) atoms. The molecular weight excluding hydrogens is 478 g/mol. The molecule has 0 aliphatic rings. The molecule has 0 aliphatic carbocycles. The molecule has 0 radical (unpaired) electrons. The van der Waals surface area contributed by atoms with Crippen molar-refractivity contribution in [3.05, 3.63) is 118 Å². The number of carbonyl (C=O) groups excluding carboxylic acids is 1. The van der Waals surface area contributed by atoms with Crippen molar-refractivity contribution in [1.29, 1.82) is 0 Å². The maximum atomic E-state index is 12.6. The van der Waals surface area contributed by atoms with Crippen LogP contribution in [0.15, 0.2) is 96.4 Å². The highest BCUT2D eigenvalue weighted by atomic mass is 35.5. The lowest BCUT2D eigenvalue weighted by atomic mass is 10.1. The van der Waals surface area contributed by atoms with Crippen molar-refractivity contribution in [3.63, 3.8) is 0 Å². The van der Waals surface area contributed by atoms with Gasteiger partial charge in [0.1, 0.15) is 18.7 Å². The summed E-state index contributed by atoms with van der Waals surface area (Å²) >= 11 is 5.95. The minimum atomic E-state index is -0.170. The van der Waals surface area contributed by atoms with E-state index in [1.807, 2.05) is 47.0 Å². The molecule has 8 nitrogen and oxygen atoms in total. The quantitative estimate of drug-likeness (QED) is 0.345. The smallest absolute Gasteiger partial charge is 0.251 e. The summed E-state index contributed by atoms with van der Waals surface area (Å²) in [4.78, 5) is 33.0. The van der Waals surface area contributed by atoms with E-state index in [9.17, 15) is 9.59 Å². The van der Waals surface area contributed by atoms with Gasteiger partial charge in [0.15, 0.2) is 0 Å². The molecule has 1 N–H and O–H groups in total. The fourth-order valence-electron chi connectivity index (χ4n) is 3.79. The number of hydrogen-bond acceptors (Lipinski definition) is 5. The number of aromatic nitrogens is 4. The van der Waals surface area contributed by atoms with Crippen molar-refractivity contribution >= 4 is 28.5 Å². The highest BCUT2D eigenvalue weighted by Gasteiger charge is 2.10. The summed E-state index contributed by atoms with van der Waals surface area (Å²) in [7, 11) is 0. The zero-order chi connectivity index (χ0) is 24.9. The number of benzene rings is 2. The Morgan fingerprint density at radius 1 is 1.06 bits per heavy atom. The van der Waals surface area contributed by atoms with Gasteiger partial charge in [-0.3, -0.25) is 19.1 Å². The third-order valence-corrected chi connectivity index (χ3v) is 5.87. The number of pyridine rings is 2. The Kier molecular flexibility index (Phi) is 6.77. The first-order valence-electron chi connectivity index (χ1n) is 11.3. The number of carbonyl (C=O) groups is 1. The number of imidazole rings is 1. The van der Waals surface area contributed by atoms with E-state index in [1.165, 1.54) is 10.6 Å². The van der Waals surface area contributed by atoms with E-state index >= 15 is 0 Å². The SMILES string of the molecule is O=C(NCc1cccnc1)c1ccc2c(c1)ncn2-c1ccc(OCCn2cc(Cl)ccc2=O)cc1. The maximum Gasteiger partial charge on any atom is 0.251 e. The van der Waals surface area contributed by atoms with Gasteiger partial charge in [-0.15, -0.1) is 0 Å². The number of halogens is 1. The van der Waals surface area contributed by atoms with E-state index < -0.39 is 0 Å². The van der Waals surface area contributed by atoms with Gasteiger partial charge in [0.05, 0.1) is 22.6 Å². The second-order valence-corrected chi connectivity index (χ2v) is 8.52. The molecule has 3 aromatic heterocycles. The van der Waals surface area contributed by atoms with Crippen molar-refractivity contribution in [2.24, 2.45) is 0 Å². The summed E-state index contributed by atoms with van der Waals surface area (Å²) in [5.74, 6) is 0.516. The molecule has 5 aromatic rings. The Morgan fingerprint density at radius 3 is 2.72 bits per heavy atom. The van der Waals surface area contributed by atoms with Crippen LogP contribution in [0.3, 0.4) is 0 Å². The molecule has 0 unspecified atom stereocenters. The van der Waals surface area contributed by atoms with Crippen LogP contribution in [0.25, 0.3) is 16.7 Å². The molecule has 1 amide bonds. The van der Waals surface area contributed by atoms with Gasteiger partial charge < -0.3 is 14.6 Å². The van der Waals surface area contributed by atoms with Gasteiger partial charge in [0.25, 0.3) is 11.5 Å². The average Bonchev–Trinajstić information content (AvgIpc) is 3.33. The summed E-state index contributed by atoms with van der Waals surface area (Å²) < 4.78 is 9.25. The fraction of sp³-hybridized carbons (Fsp3) is 0.111. The summed E-state index contributed by atoms with van der Waals surface area (Å²) in [5, 5.41) is 3.41. The largest absolute Gasteiger partial charge is 0.492 e. The van der Waals surface area contributed by atoms with E-state index in [1.54, 1.807) is 43.1 Å². The van der Waals surface area contributed by atoms with Crippen molar-refractivity contribution in [3.8, 4) is 11.4 Å². The summed E-state index contributed by atoms with van der Waals surface area (Å²) in [6, 6.07) is 19.8. The monoisotopic (exact) mass is 499 g/mol. The average molecular weight is 500 g/mol. The van der Waals surface area contributed by atoms with E-state index in [0.29, 0.717) is 36.0 Å². The number of amides is 1. The minimum absolute atomic E-state index is 0.125. The van der Waals surface area contributed by atoms with Crippen LogP contribution in [-0.4, -0.2) is 31.6 Å². The minimum Gasteiger partial charge on any atom is -0.492 e. The van der Waals surface area contributed by atoms with Crippen molar-refractivity contribution < 1.29 is 9.53 Å². The molecule has 2 aromatic carbocycles. The van der Waals surface area contributed by atoms with Crippen molar-refractivity contribution in [2.45, 2.75) is 13.1 Å². The van der Waals surface area contributed by atoms with Crippen LogP contribution in [0, 0.1) is 0 Å². The van der Waals surface area contributed by atoms with E-state index in [2.05, 4.69) is 15.3 Å². The third-order valence-electron chi connectivity index (χ3n) is 5.65. The van der Waals surface area contributed by atoms with Crippen LogP contribution < -0.4 is 15.6 Å². The Bertz CT molecular complexity index is 1560. The maximum absolute atomic E-state index is 12.6. The molecule has 180 valence electrons. The van der Waals surface area contributed by atoms with Gasteiger partial charge in [-0.05, 0) is 60.2 Å². The standard InChI is InChI=1S/C27H22ClN5O3/c28-21-4-10-26(34)32(17-21)12-13-36-23-7-5-22(6-8-23)33-18-31-24-14-20(3-9-25(24)33)27(35)30-16-19-2-1-11-29-15-19/h1-11,14-15,17-18H,12-13,16H2,(H,30,35). The van der Waals surface area contributed by atoms with Crippen LogP contribution >= 0.6 is 11.6 Å². The fourth-order valence-corrected chi connectivity index (χ4v) is 3.97. The topological polar surface area (TPSA) is 91.0 Å². The normalized spacial score (nSPS) is 10.9. The van der Waals surface area contributed by atoms with Crippen LogP contribution in [-0.2, 0) is 13.1 Å². The lowest BCUT2D eigenvalue weighted by Crippen LogP contribution is -2.22. The summed E-state index contributed by atoms with van der Waals surface area (Å²) in [6.45, 7) is 1.13. The zero-order valence-corrected chi connectivity index (χ0v) is 19.9. The van der Waals surface area contributed by atoms with Gasteiger partial charge in [-0.2, -0.15) is 0 Å². The van der Waals surface area contributed by atoms with Gasteiger partial charge in [-0.1, -0.05) is 17.7 Å². The zero-order valence-electron chi connectivity index (χ0n) is 19.2. The van der Waals surface area contributed by atoms with Crippen molar-refractivity contribution in [2.75, 3.05) is 6.61 Å². The predicted molar refractivity (Wildman–Crippen MR) is 138 cm³/mol. The molecule has 0 bridgehead atoms. The van der Waals surface area contributed by atoms with E-state index in [0.717, 1.165) is 22.3 Å². The lowest BCUT2D eigenvalue weighted by Gasteiger charge is -2.10. The van der Waals surface area contributed by atoms with Crippen LogP contribution in [0.5, 0.6) is 5.75 Å². The second-order valence-electron chi connectivity index (χ2n) is 8.08.